The number of methoxy groups -OCH3 is 2. The first-order valence-corrected chi connectivity index (χ1v) is 15.8. The lowest BCUT2D eigenvalue weighted by atomic mass is 9.58. The van der Waals surface area contributed by atoms with Crippen LogP contribution in [0.25, 0.3) is 22.3 Å². The quantitative estimate of drug-likeness (QED) is 0.250. The Morgan fingerprint density at radius 3 is 2.13 bits per heavy atom. The minimum absolute atomic E-state index is 0.101. The van der Waals surface area contributed by atoms with Crippen LogP contribution in [0.1, 0.15) is 47.2 Å². The van der Waals surface area contributed by atoms with E-state index in [-0.39, 0.29) is 23.3 Å². The molecule has 1 aromatic heterocycles. The minimum atomic E-state index is -0.537. The Labute approximate surface area is 262 Å². The van der Waals surface area contributed by atoms with Gasteiger partial charge in [-0.2, -0.15) is 5.10 Å². The van der Waals surface area contributed by atoms with Gasteiger partial charge in [-0.1, -0.05) is 60.7 Å². The second-order valence-corrected chi connectivity index (χ2v) is 12.9. The number of hydrogen-bond donors (Lipinski definition) is 1. The highest BCUT2D eigenvalue weighted by atomic mass is 16.5. The first-order chi connectivity index (χ1) is 22.1. The number of rotatable bonds is 4. The van der Waals surface area contributed by atoms with E-state index in [2.05, 4.69) is 108 Å². The Morgan fingerprint density at radius 2 is 1.42 bits per heavy atom. The molecule has 9 rings (SSSR count). The zero-order valence-electron chi connectivity index (χ0n) is 25.7. The summed E-state index contributed by atoms with van der Waals surface area (Å²) in [5.74, 6) is 2.17. The molecule has 4 aromatic carbocycles. The van der Waals surface area contributed by atoms with Crippen molar-refractivity contribution < 1.29 is 9.47 Å². The van der Waals surface area contributed by atoms with Crippen molar-refractivity contribution >= 4 is 16.7 Å². The van der Waals surface area contributed by atoms with Crippen LogP contribution in [0.4, 0.5) is 0 Å². The van der Waals surface area contributed by atoms with Crippen molar-refractivity contribution in [3.05, 3.63) is 119 Å². The maximum atomic E-state index is 5.57. The Bertz CT molecular complexity index is 1990. The van der Waals surface area contributed by atoms with Gasteiger partial charge in [0.15, 0.2) is 0 Å². The monoisotopic (exact) mass is 593 g/mol. The van der Waals surface area contributed by atoms with Gasteiger partial charge >= 0.3 is 0 Å². The number of likely N-dealkylation sites (N-methyl/N-ethyl adjacent to an activating group) is 1. The van der Waals surface area contributed by atoms with Crippen LogP contribution < -0.4 is 14.9 Å². The highest BCUT2D eigenvalue weighted by Gasteiger charge is 2.74. The predicted octanol–water partition coefficient (Wildman–Crippen LogP) is 6.70. The van der Waals surface area contributed by atoms with Crippen LogP contribution >= 0.6 is 0 Å². The van der Waals surface area contributed by atoms with E-state index >= 15 is 0 Å². The van der Waals surface area contributed by atoms with E-state index in [9.17, 15) is 0 Å². The smallest absolute Gasteiger partial charge is 0.118 e. The van der Waals surface area contributed by atoms with Gasteiger partial charge in [0.2, 0.25) is 0 Å². The number of nitrogens with zero attached hydrogens (tertiary/aromatic N) is 4. The maximum Gasteiger partial charge on any atom is 0.118 e. The van der Waals surface area contributed by atoms with Crippen molar-refractivity contribution in [2.24, 2.45) is 16.4 Å². The molecule has 45 heavy (non-hydrogen) atoms. The van der Waals surface area contributed by atoms with Crippen molar-refractivity contribution in [2.45, 2.75) is 30.3 Å². The van der Waals surface area contributed by atoms with Crippen LogP contribution in [0.3, 0.4) is 0 Å². The summed E-state index contributed by atoms with van der Waals surface area (Å²) in [5, 5.41) is 5.34. The number of hydrazone groups is 1. The molecule has 2 aliphatic heterocycles. The van der Waals surface area contributed by atoms with Crippen molar-refractivity contribution in [1.29, 1.82) is 0 Å². The van der Waals surface area contributed by atoms with Gasteiger partial charge in [0, 0.05) is 29.4 Å². The molecule has 1 N–H and O–H groups in total. The average Bonchev–Trinajstić information content (AvgIpc) is 3.82. The van der Waals surface area contributed by atoms with E-state index in [1.807, 2.05) is 6.07 Å². The molecule has 1 saturated carbocycles. The Balaban J connectivity index is 1.30. The van der Waals surface area contributed by atoms with Crippen molar-refractivity contribution in [3.63, 3.8) is 0 Å². The Morgan fingerprint density at radius 1 is 0.778 bits per heavy atom. The van der Waals surface area contributed by atoms with E-state index < -0.39 is 5.54 Å². The SMILES string of the molecule is COc1ccc(C2NN=C3C2CC[C@@]32[C@H](c3ccc(OC)cc3)CN(C)[C@]23c2ccccc2-c2nc4ccccc4nc23)cc1. The van der Waals surface area contributed by atoms with Gasteiger partial charge in [-0.3, -0.25) is 4.90 Å². The highest BCUT2D eigenvalue weighted by Crippen LogP contribution is 2.72. The van der Waals surface area contributed by atoms with Gasteiger partial charge in [0.05, 0.1) is 48.4 Å². The average molecular weight is 594 g/mol. The zero-order chi connectivity index (χ0) is 30.3. The standard InChI is InChI=1S/C38H35N5O2/c1-43-22-30(23-12-16-25(44-2)17-13-23)37(21-20-28-33(41-42-35(28)37)24-14-18-26(45-3)19-15-24)38(43)29-9-5-4-8-27(29)34-36(38)40-32-11-7-6-10-31(32)39-34/h4-19,28,30,33,41H,20-22H2,1-3H3/t28?,30-,33?,37+,38-/m0/s1. The van der Waals surface area contributed by atoms with Crippen LogP contribution in [0.5, 0.6) is 11.5 Å². The second-order valence-electron chi connectivity index (χ2n) is 12.9. The van der Waals surface area contributed by atoms with E-state index in [4.69, 9.17) is 24.5 Å². The number of nitrogens with one attached hydrogen (secondary N) is 1. The van der Waals surface area contributed by atoms with E-state index in [0.29, 0.717) is 0 Å². The summed E-state index contributed by atoms with van der Waals surface area (Å²) in [6, 6.07) is 34.4. The fourth-order valence-electron chi connectivity index (χ4n) is 9.35. The first kappa shape index (κ1) is 26.6. The number of hydrogen-bond acceptors (Lipinski definition) is 7. The summed E-state index contributed by atoms with van der Waals surface area (Å²) >= 11 is 0. The molecular formula is C38H35N5O2. The fraction of sp³-hybridized carbons (Fsp3) is 0.289. The molecule has 2 fully saturated rings. The number of ether oxygens (including phenoxy) is 2. The topological polar surface area (TPSA) is 71.9 Å². The summed E-state index contributed by atoms with van der Waals surface area (Å²) in [6.45, 7) is 0.869. The molecule has 5 aromatic rings. The van der Waals surface area contributed by atoms with Gasteiger partial charge < -0.3 is 14.9 Å². The third-order valence-electron chi connectivity index (χ3n) is 11.1. The molecule has 7 nitrogen and oxygen atoms in total. The molecule has 7 heteroatoms. The van der Waals surface area contributed by atoms with Gasteiger partial charge in [-0.05, 0) is 73.0 Å². The van der Waals surface area contributed by atoms with Crippen molar-refractivity contribution in [1.82, 2.24) is 20.3 Å². The summed E-state index contributed by atoms with van der Waals surface area (Å²) < 4.78 is 11.0. The molecule has 224 valence electrons. The molecule has 1 saturated heterocycles. The van der Waals surface area contributed by atoms with Crippen LogP contribution in [0.2, 0.25) is 0 Å². The fourth-order valence-corrected chi connectivity index (χ4v) is 9.35. The molecular weight excluding hydrogens is 558 g/mol. The van der Waals surface area contributed by atoms with E-state index in [1.165, 1.54) is 28.0 Å². The number of fused-ring (bicyclic) bond motifs is 9. The third kappa shape index (κ3) is 3.36. The largest absolute Gasteiger partial charge is 0.497 e. The summed E-state index contributed by atoms with van der Waals surface area (Å²) in [6.07, 6.45) is 2.03. The van der Waals surface area contributed by atoms with Gasteiger partial charge in [0.1, 0.15) is 17.0 Å². The summed E-state index contributed by atoms with van der Waals surface area (Å²) in [7, 11) is 5.72. The number of aromatic nitrogens is 2. The molecule has 2 aliphatic carbocycles. The van der Waals surface area contributed by atoms with Gasteiger partial charge in [-0.25, -0.2) is 9.97 Å². The normalized spacial score (nSPS) is 27.8. The second kappa shape index (κ2) is 9.62. The third-order valence-corrected chi connectivity index (χ3v) is 11.1. The molecule has 4 aliphatic rings. The molecule has 2 unspecified atom stereocenters. The molecule has 0 radical (unpaired) electrons. The maximum absolute atomic E-state index is 5.57. The van der Waals surface area contributed by atoms with Gasteiger partial charge in [-0.15, -0.1) is 0 Å². The lowest BCUT2D eigenvalue weighted by molar-refractivity contribution is 0.136. The minimum Gasteiger partial charge on any atom is -0.497 e. The first-order valence-electron chi connectivity index (χ1n) is 15.8. The molecule has 0 bridgehead atoms. The Kier molecular flexibility index (Phi) is 5.70. The van der Waals surface area contributed by atoms with E-state index in [0.717, 1.165) is 53.3 Å². The molecule has 0 amide bonds. The number of benzene rings is 4. The van der Waals surface area contributed by atoms with Crippen molar-refractivity contribution in [3.8, 4) is 22.8 Å². The number of likely N-dealkylation sites (tertiary alicyclic amines) is 1. The molecule has 3 heterocycles. The van der Waals surface area contributed by atoms with Gasteiger partial charge in [0.25, 0.3) is 0 Å². The molecule has 5 atom stereocenters. The van der Waals surface area contributed by atoms with Crippen molar-refractivity contribution in [2.75, 3.05) is 27.8 Å². The number of para-hydroxylation sites is 2. The molecule has 2 spiro atoms. The lowest BCUT2D eigenvalue weighted by Gasteiger charge is -2.47. The highest BCUT2D eigenvalue weighted by molar-refractivity contribution is 6.01. The lowest BCUT2D eigenvalue weighted by Crippen LogP contribution is -2.53. The van der Waals surface area contributed by atoms with E-state index in [1.54, 1.807) is 14.2 Å². The zero-order valence-corrected chi connectivity index (χ0v) is 25.7. The summed E-state index contributed by atoms with van der Waals surface area (Å²) in [5.41, 5.74) is 12.9. The Hall–Kier alpha value is -4.75. The van der Waals surface area contributed by atoms with Crippen LogP contribution in [-0.4, -0.2) is 48.4 Å². The van der Waals surface area contributed by atoms with Crippen LogP contribution in [0, 0.1) is 11.3 Å². The predicted molar refractivity (Wildman–Crippen MR) is 176 cm³/mol. The summed E-state index contributed by atoms with van der Waals surface area (Å²) in [4.78, 5) is 13.4. The van der Waals surface area contributed by atoms with Crippen LogP contribution in [-0.2, 0) is 5.54 Å². The van der Waals surface area contributed by atoms with Crippen LogP contribution in [0.15, 0.2) is 102 Å².